The van der Waals surface area contributed by atoms with Crippen molar-refractivity contribution >= 4 is 11.5 Å². The van der Waals surface area contributed by atoms with Gasteiger partial charge in [0, 0.05) is 24.1 Å². The normalized spacial score (nSPS) is 11.3. The topological polar surface area (TPSA) is 78.3 Å². The van der Waals surface area contributed by atoms with Crippen molar-refractivity contribution in [1.29, 1.82) is 0 Å². The second kappa shape index (κ2) is 4.62. The van der Waals surface area contributed by atoms with E-state index in [1.165, 1.54) is 18.3 Å². The predicted molar refractivity (Wildman–Crippen MR) is 68.7 cm³/mol. The zero-order valence-corrected chi connectivity index (χ0v) is 10.3. The van der Waals surface area contributed by atoms with Crippen LogP contribution in [0.25, 0.3) is 0 Å². The highest BCUT2D eigenvalue weighted by molar-refractivity contribution is 5.57. The first-order valence-electron chi connectivity index (χ1n) is 5.56. The predicted octanol–water partition coefficient (Wildman–Crippen LogP) is 2.15. The average Bonchev–Trinajstić information content (AvgIpc) is 2.28. The fraction of sp³-hybridized carbons (Fsp3) is 0.231. The summed E-state index contributed by atoms with van der Waals surface area (Å²) in [4.78, 5) is 8.18. The Morgan fingerprint density at radius 3 is 2.50 bits per heavy atom. The number of aliphatic hydroxyl groups is 1. The fourth-order valence-corrected chi connectivity index (χ4v) is 1.48. The number of aromatic hydroxyl groups is 1. The lowest BCUT2D eigenvalue weighted by Crippen LogP contribution is -2.17. The summed E-state index contributed by atoms with van der Waals surface area (Å²) >= 11 is 0. The van der Waals surface area contributed by atoms with Crippen LogP contribution in [-0.4, -0.2) is 20.2 Å². The molecule has 5 nitrogen and oxygen atoms in total. The quantitative estimate of drug-likeness (QED) is 0.772. The lowest BCUT2D eigenvalue weighted by molar-refractivity contribution is 0.0739. The zero-order chi connectivity index (χ0) is 13.2. The molecule has 0 aliphatic heterocycles. The van der Waals surface area contributed by atoms with Gasteiger partial charge in [-0.1, -0.05) is 0 Å². The minimum atomic E-state index is -0.996. The molecular weight excluding hydrogens is 230 g/mol. The third-order valence-corrected chi connectivity index (χ3v) is 2.40. The zero-order valence-electron chi connectivity index (χ0n) is 10.3. The summed E-state index contributed by atoms with van der Waals surface area (Å²) in [6, 6.07) is 6.52. The Morgan fingerprint density at radius 2 is 1.83 bits per heavy atom. The van der Waals surface area contributed by atoms with Gasteiger partial charge in [0.05, 0.1) is 5.69 Å². The van der Waals surface area contributed by atoms with E-state index in [0.717, 1.165) is 5.69 Å². The molecule has 0 spiro atoms. The van der Waals surface area contributed by atoms with E-state index in [1.54, 1.807) is 32.2 Å². The van der Waals surface area contributed by atoms with E-state index in [-0.39, 0.29) is 5.75 Å². The van der Waals surface area contributed by atoms with Crippen molar-refractivity contribution in [3.05, 3.63) is 42.4 Å². The maximum absolute atomic E-state index is 9.88. The molecule has 0 saturated heterocycles. The van der Waals surface area contributed by atoms with Gasteiger partial charge in [0.25, 0.3) is 0 Å². The molecule has 0 fully saturated rings. The number of hydrogen-bond acceptors (Lipinski definition) is 5. The van der Waals surface area contributed by atoms with Crippen molar-refractivity contribution < 1.29 is 10.2 Å². The third kappa shape index (κ3) is 2.95. The van der Waals surface area contributed by atoms with Gasteiger partial charge in [-0.15, -0.1) is 0 Å². The molecule has 2 heterocycles. The molecule has 94 valence electrons. The summed E-state index contributed by atoms with van der Waals surface area (Å²) in [5.41, 5.74) is 0.317. The molecule has 2 aromatic heterocycles. The Balaban J connectivity index is 2.25. The first-order valence-corrected chi connectivity index (χ1v) is 5.56. The highest BCUT2D eigenvalue weighted by Crippen LogP contribution is 2.22. The molecule has 0 unspecified atom stereocenters. The van der Waals surface area contributed by atoms with E-state index in [0.29, 0.717) is 11.5 Å². The van der Waals surface area contributed by atoms with Crippen LogP contribution in [0.3, 0.4) is 0 Å². The summed E-state index contributed by atoms with van der Waals surface area (Å²) in [6.07, 6.45) is 3.12. The Bertz CT molecular complexity index is 550. The van der Waals surface area contributed by atoms with Gasteiger partial charge in [-0.2, -0.15) is 0 Å². The monoisotopic (exact) mass is 245 g/mol. The van der Waals surface area contributed by atoms with Crippen molar-refractivity contribution in [2.45, 2.75) is 19.4 Å². The lowest BCUT2D eigenvalue weighted by atomic mass is 10.0. The maximum Gasteiger partial charge on any atom is 0.133 e. The Kier molecular flexibility index (Phi) is 3.16. The molecule has 0 amide bonds. The first-order chi connectivity index (χ1) is 8.45. The van der Waals surface area contributed by atoms with Crippen molar-refractivity contribution in [2.24, 2.45) is 0 Å². The highest BCUT2D eigenvalue weighted by Gasteiger charge is 2.17. The minimum Gasteiger partial charge on any atom is -0.508 e. The summed E-state index contributed by atoms with van der Waals surface area (Å²) in [7, 11) is 0. The van der Waals surface area contributed by atoms with Gasteiger partial charge in [0.15, 0.2) is 0 Å². The van der Waals surface area contributed by atoms with Crippen LogP contribution in [0, 0.1) is 0 Å². The van der Waals surface area contributed by atoms with Crippen molar-refractivity contribution in [2.75, 3.05) is 5.32 Å². The van der Waals surface area contributed by atoms with E-state index in [1.807, 2.05) is 0 Å². The number of nitrogens with zero attached hydrogens (tertiary/aromatic N) is 2. The van der Waals surface area contributed by atoms with Crippen molar-refractivity contribution in [3.8, 4) is 5.75 Å². The molecule has 0 aromatic carbocycles. The number of aromatic nitrogens is 2. The second-order valence-electron chi connectivity index (χ2n) is 4.51. The van der Waals surface area contributed by atoms with Gasteiger partial charge in [-0.05, 0) is 32.0 Å². The van der Waals surface area contributed by atoms with Crippen LogP contribution in [-0.2, 0) is 5.60 Å². The van der Waals surface area contributed by atoms with Crippen LogP contribution in [0.5, 0.6) is 5.75 Å². The molecule has 0 radical (unpaired) electrons. The van der Waals surface area contributed by atoms with E-state index in [4.69, 9.17) is 0 Å². The molecule has 0 aliphatic carbocycles. The minimum absolute atomic E-state index is 0.143. The van der Waals surface area contributed by atoms with E-state index in [9.17, 15) is 10.2 Å². The summed E-state index contributed by atoms with van der Waals surface area (Å²) in [6.45, 7) is 3.34. The molecule has 0 aliphatic rings. The smallest absolute Gasteiger partial charge is 0.133 e. The summed E-state index contributed by atoms with van der Waals surface area (Å²) in [5, 5.41) is 22.3. The largest absolute Gasteiger partial charge is 0.508 e. The number of rotatable bonds is 3. The number of pyridine rings is 2. The molecule has 0 saturated carbocycles. The van der Waals surface area contributed by atoms with Gasteiger partial charge in [-0.25, -0.2) is 4.98 Å². The Morgan fingerprint density at radius 1 is 1.11 bits per heavy atom. The molecular formula is C13H15N3O2. The molecule has 0 bridgehead atoms. The van der Waals surface area contributed by atoms with Crippen LogP contribution in [0.15, 0.2) is 36.7 Å². The Labute approximate surface area is 105 Å². The van der Waals surface area contributed by atoms with E-state index in [2.05, 4.69) is 15.3 Å². The fourth-order valence-electron chi connectivity index (χ4n) is 1.48. The SMILES string of the molecule is CC(C)(O)c1cc(Nc2cc(O)ccn2)ccn1. The van der Waals surface area contributed by atoms with E-state index < -0.39 is 5.60 Å². The third-order valence-electron chi connectivity index (χ3n) is 2.40. The molecule has 0 atom stereocenters. The molecule has 2 aromatic rings. The Hall–Kier alpha value is -2.14. The van der Waals surface area contributed by atoms with Gasteiger partial charge in [0.2, 0.25) is 0 Å². The number of nitrogens with one attached hydrogen (secondary N) is 1. The molecule has 18 heavy (non-hydrogen) atoms. The van der Waals surface area contributed by atoms with Gasteiger partial charge in [0.1, 0.15) is 17.2 Å². The van der Waals surface area contributed by atoms with Gasteiger partial charge in [-0.3, -0.25) is 4.98 Å². The van der Waals surface area contributed by atoms with Gasteiger partial charge < -0.3 is 15.5 Å². The summed E-state index contributed by atoms with van der Waals surface area (Å²) in [5.74, 6) is 0.673. The van der Waals surface area contributed by atoms with Gasteiger partial charge >= 0.3 is 0 Å². The first kappa shape index (κ1) is 12.3. The summed E-state index contributed by atoms with van der Waals surface area (Å²) < 4.78 is 0. The highest BCUT2D eigenvalue weighted by atomic mass is 16.3. The van der Waals surface area contributed by atoms with Crippen LogP contribution in [0.4, 0.5) is 11.5 Å². The maximum atomic E-state index is 9.88. The van der Waals surface area contributed by atoms with Crippen LogP contribution < -0.4 is 5.32 Å². The van der Waals surface area contributed by atoms with Crippen molar-refractivity contribution in [1.82, 2.24) is 9.97 Å². The van der Waals surface area contributed by atoms with Crippen molar-refractivity contribution in [3.63, 3.8) is 0 Å². The van der Waals surface area contributed by atoms with Crippen LogP contribution in [0.1, 0.15) is 19.5 Å². The van der Waals surface area contributed by atoms with Crippen LogP contribution >= 0.6 is 0 Å². The lowest BCUT2D eigenvalue weighted by Gasteiger charge is -2.17. The van der Waals surface area contributed by atoms with E-state index >= 15 is 0 Å². The van der Waals surface area contributed by atoms with Crippen LogP contribution in [0.2, 0.25) is 0 Å². The number of hydrogen-bond donors (Lipinski definition) is 3. The molecule has 3 N–H and O–H groups in total. The standard InChI is InChI=1S/C13H15N3O2/c1-13(2,18)11-7-9(3-5-14-11)16-12-8-10(17)4-6-15-12/h3-8,18H,1-2H3,(H2,14,15,16,17). The molecule has 5 heteroatoms. The average molecular weight is 245 g/mol. The second-order valence-corrected chi connectivity index (χ2v) is 4.51. The molecule has 2 rings (SSSR count). The number of anilines is 2.